The molecule has 0 saturated carbocycles. The Morgan fingerprint density at radius 2 is 1.95 bits per heavy atom. The fourth-order valence-corrected chi connectivity index (χ4v) is 2.16. The summed E-state index contributed by atoms with van der Waals surface area (Å²) in [4.78, 5) is 2.09. The molecule has 2 rings (SSSR count). The van der Waals surface area contributed by atoms with Crippen LogP contribution in [0.1, 0.15) is 6.42 Å². The first kappa shape index (κ1) is 18.5. The van der Waals surface area contributed by atoms with E-state index in [4.69, 9.17) is 11.5 Å². The van der Waals surface area contributed by atoms with Crippen LogP contribution in [0.3, 0.4) is 0 Å². The van der Waals surface area contributed by atoms with Gasteiger partial charge in [-0.1, -0.05) is 12.2 Å². The van der Waals surface area contributed by atoms with E-state index < -0.39 is 0 Å². The highest BCUT2D eigenvalue weighted by Gasteiger charge is 2.03. The molecule has 0 bridgehead atoms. The summed E-state index contributed by atoms with van der Waals surface area (Å²) in [5.41, 5.74) is 14.4. The Balaban J connectivity index is 0.000000224. The molecule has 22 heavy (non-hydrogen) atoms. The van der Waals surface area contributed by atoms with E-state index in [1.54, 1.807) is 0 Å². The van der Waals surface area contributed by atoms with E-state index in [1.165, 1.54) is 5.70 Å². The lowest BCUT2D eigenvalue weighted by Crippen LogP contribution is -2.20. The number of hydrogen-bond donors (Lipinski definition) is 3. The van der Waals surface area contributed by atoms with E-state index in [0.717, 1.165) is 30.1 Å². The maximum Gasteiger partial charge on any atom is 0.0341 e. The monoisotopic (exact) mass is 320 g/mol. The summed E-state index contributed by atoms with van der Waals surface area (Å²) < 4.78 is 0. The van der Waals surface area contributed by atoms with Crippen molar-refractivity contribution in [3.63, 3.8) is 0 Å². The number of benzene rings is 1. The molecule has 5 heteroatoms. The van der Waals surface area contributed by atoms with Gasteiger partial charge in [0.25, 0.3) is 0 Å². The van der Waals surface area contributed by atoms with E-state index in [-0.39, 0.29) is 6.04 Å². The van der Waals surface area contributed by atoms with Crippen LogP contribution in [0.2, 0.25) is 0 Å². The molecule has 0 saturated heterocycles. The van der Waals surface area contributed by atoms with Crippen LogP contribution in [-0.2, 0) is 0 Å². The number of allylic oxidation sites excluding steroid dienone is 1. The van der Waals surface area contributed by atoms with Crippen molar-refractivity contribution in [1.29, 1.82) is 0 Å². The fourth-order valence-electron chi connectivity index (χ4n) is 1.86. The Labute approximate surface area is 138 Å². The van der Waals surface area contributed by atoms with Crippen LogP contribution < -0.4 is 16.8 Å². The lowest BCUT2D eigenvalue weighted by Gasteiger charge is -2.18. The second-order valence-corrected chi connectivity index (χ2v) is 6.31. The highest BCUT2D eigenvalue weighted by molar-refractivity contribution is 7.98. The molecule has 1 aliphatic rings. The number of nitrogens with zero attached hydrogens (tertiary/aromatic N) is 1. The molecule has 0 heterocycles. The zero-order valence-corrected chi connectivity index (χ0v) is 14.6. The number of rotatable bonds is 5. The number of nitrogens with one attached hydrogen (secondary N) is 1. The first-order valence-electron chi connectivity index (χ1n) is 7.42. The molecule has 0 spiro atoms. The Morgan fingerprint density at radius 3 is 2.45 bits per heavy atom. The predicted octanol–water partition coefficient (Wildman–Crippen LogP) is 2.76. The Bertz CT molecular complexity index is 480. The lowest BCUT2D eigenvalue weighted by atomic mass is 10.1. The van der Waals surface area contributed by atoms with Crippen molar-refractivity contribution in [2.45, 2.75) is 12.5 Å². The maximum atomic E-state index is 5.65. The standard InChI is InChI=1S/C9H14N2S.C8H14N2/c1-12-7-6-11-9-4-2-8(10)3-5-9;1-10(2)8-5-3-7(9)4-6-8/h2-5,11H,6-7,10H2,1H3;3,5-7H,4,9H2,1-2H3. The summed E-state index contributed by atoms with van der Waals surface area (Å²) >= 11 is 1.84. The van der Waals surface area contributed by atoms with Crippen LogP contribution in [0, 0.1) is 0 Å². The molecule has 0 aliphatic heterocycles. The van der Waals surface area contributed by atoms with E-state index in [2.05, 4.69) is 28.6 Å². The van der Waals surface area contributed by atoms with Gasteiger partial charge >= 0.3 is 0 Å². The van der Waals surface area contributed by atoms with Gasteiger partial charge < -0.3 is 21.7 Å². The lowest BCUT2D eigenvalue weighted by molar-refractivity contribution is 0.521. The van der Waals surface area contributed by atoms with E-state index in [1.807, 2.05) is 56.2 Å². The van der Waals surface area contributed by atoms with Crippen LogP contribution in [0.5, 0.6) is 0 Å². The summed E-state index contributed by atoms with van der Waals surface area (Å²) in [5, 5.41) is 3.30. The summed E-state index contributed by atoms with van der Waals surface area (Å²) in [6, 6.07) is 8.03. The largest absolute Gasteiger partial charge is 0.399 e. The smallest absolute Gasteiger partial charge is 0.0341 e. The number of likely N-dealkylation sites (N-methyl/N-ethyl adjacent to an activating group) is 1. The van der Waals surface area contributed by atoms with Gasteiger partial charge in [0.05, 0.1) is 0 Å². The zero-order valence-electron chi connectivity index (χ0n) is 13.8. The minimum atomic E-state index is 0.226. The molecule has 5 N–H and O–H groups in total. The number of hydrogen-bond acceptors (Lipinski definition) is 5. The number of nitrogen functional groups attached to an aromatic ring is 1. The average Bonchev–Trinajstić information content (AvgIpc) is 2.51. The van der Waals surface area contributed by atoms with E-state index in [0.29, 0.717) is 0 Å². The van der Waals surface area contributed by atoms with Crippen LogP contribution in [0.15, 0.2) is 48.2 Å². The molecule has 1 unspecified atom stereocenters. The number of nitrogens with two attached hydrogens (primary N) is 2. The molecule has 1 aliphatic carbocycles. The third kappa shape index (κ3) is 7.43. The minimum absolute atomic E-state index is 0.226. The van der Waals surface area contributed by atoms with Gasteiger partial charge in [0.2, 0.25) is 0 Å². The van der Waals surface area contributed by atoms with Crippen LogP contribution in [-0.4, -0.2) is 43.6 Å². The van der Waals surface area contributed by atoms with Crippen molar-refractivity contribution in [3.05, 3.63) is 48.2 Å². The second-order valence-electron chi connectivity index (χ2n) is 5.32. The zero-order chi connectivity index (χ0) is 16.4. The van der Waals surface area contributed by atoms with Crippen LogP contribution >= 0.6 is 11.8 Å². The van der Waals surface area contributed by atoms with Crippen molar-refractivity contribution < 1.29 is 0 Å². The number of anilines is 2. The Hall–Kier alpha value is -1.59. The normalized spacial score (nSPS) is 16.4. The molecule has 0 radical (unpaired) electrons. The predicted molar refractivity (Wildman–Crippen MR) is 101 cm³/mol. The summed E-state index contributed by atoms with van der Waals surface area (Å²) in [6.45, 7) is 1.01. The van der Waals surface area contributed by atoms with Crippen molar-refractivity contribution in [2.75, 3.05) is 43.7 Å². The molecule has 0 aromatic heterocycles. The van der Waals surface area contributed by atoms with Gasteiger partial charge in [-0.15, -0.1) is 0 Å². The fraction of sp³-hybridized carbons (Fsp3) is 0.412. The molecule has 0 amide bonds. The van der Waals surface area contributed by atoms with Gasteiger partial charge in [0.15, 0.2) is 0 Å². The quantitative estimate of drug-likeness (QED) is 0.575. The van der Waals surface area contributed by atoms with Crippen molar-refractivity contribution in [2.24, 2.45) is 5.73 Å². The summed E-state index contributed by atoms with van der Waals surface area (Å²) in [5.74, 6) is 1.13. The maximum absolute atomic E-state index is 5.65. The topological polar surface area (TPSA) is 67.3 Å². The highest BCUT2D eigenvalue weighted by Crippen LogP contribution is 2.10. The minimum Gasteiger partial charge on any atom is -0.399 e. The van der Waals surface area contributed by atoms with E-state index >= 15 is 0 Å². The van der Waals surface area contributed by atoms with Gasteiger partial charge in [-0.05, 0) is 43.0 Å². The third-order valence-electron chi connectivity index (χ3n) is 3.18. The van der Waals surface area contributed by atoms with Crippen LogP contribution in [0.4, 0.5) is 11.4 Å². The first-order valence-corrected chi connectivity index (χ1v) is 8.82. The molecular weight excluding hydrogens is 292 g/mol. The van der Waals surface area contributed by atoms with Gasteiger partial charge in [0, 0.05) is 49.5 Å². The van der Waals surface area contributed by atoms with Gasteiger partial charge in [0.1, 0.15) is 0 Å². The molecule has 4 nitrogen and oxygen atoms in total. The van der Waals surface area contributed by atoms with Gasteiger partial charge in [-0.25, -0.2) is 0 Å². The highest BCUT2D eigenvalue weighted by atomic mass is 32.2. The summed E-state index contributed by atoms with van der Waals surface area (Å²) in [7, 11) is 4.07. The van der Waals surface area contributed by atoms with Gasteiger partial charge in [-0.2, -0.15) is 11.8 Å². The molecule has 1 aromatic carbocycles. The van der Waals surface area contributed by atoms with Crippen molar-refractivity contribution in [3.8, 4) is 0 Å². The molecule has 1 atom stereocenters. The average molecular weight is 321 g/mol. The van der Waals surface area contributed by atoms with Crippen molar-refractivity contribution in [1.82, 2.24) is 4.90 Å². The third-order valence-corrected chi connectivity index (χ3v) is 3.79. The Kier molecular flexibility index (Phi) is 8.55. The molecule has 0 fully saturated rings. The van der Waals surface area contributed by atoms with E-state index in [9.17, 15) is 0 Å². The number of thioether (sulfide) groups is 1. The Morgan fingerprint density at radius 1 is 1.27 bits per heavy atom. The molecular formula is C17H28N4S. The summed E-state index contributed by atoms with van der Waals surface area (Å²) in [6.07, 6.45) is 9.32. The first-order chi connectivity index (χ1) is 10.5. The van der Waals surface area contributed by atoms with Crippen molar-refractivity contribution >= 4 is 23.1 Å². The molecule has 1 aromatic rings. The van der Waals surface area contributed by atoms with Gasteiger partial charge in [-0.3, -0.25) is 0 Å². The molecule has 122 valence electrons. The SMILES string of the molecule is CN(C)C1=CCC(N)C=C1.CSCCNc1ccc(N)cc1. The van der Waals surface area contributed by atoms with Crippen LogP contribution in [0.25, 0.3) is 0 Å². The second kappa shape index (κ2) is 10.2.